The van der Waals surface area contributed by atoms with E-state index in [-0.39, 0.29) is 24.5 Å². The lowest BCUT2D eigenvalue weighted by atomic mass is 10.2. The summed E-state index contributed by atoms with van der Waals surface area (Å²) in [5.74, 6) is -0.746. The first kappa shape index (κ1) is 15.0. The summed E-state index contributed by atoms with van der Waals surface area (Å²) in [6.45, 7) is 0.109. The predicted molar refractivity (Wildman–Crippen MR) is 63.2 cm³/mol. The third kappa shape index (κ3) is 6.64. The summed E-state index contributed by atoms with van der Waals surface area (Å²) in [4.78, 5) is 0. The minimum Gasteiger partial charge on any atom is -0.286 e. The topological polar surface area (TPSA) is 113 Å². The van der Waals surface area contributed by atoms with Gasteiger partial charge in [-0.3, -0.25) is 9.11 Å². The number of aromatic nitrogens is 1. The third-order valence-electron chi connectivity index (χ3n) is 2.22. The van der Waals surface area contributed by atoms with Crippen molar-refractivity contribution < 1.29 is 30.5 Å². The molecule has 2 N–H and O–H groups in total. The van der Waals surface area contributed by atoms with Crippen LogP contribution in [0.15, 0.2) is 24.5 Å². The molecule has 1 aromatic heterocycles. The van der Waals surface area contributed by atoms with Gasteiger partial charge in [0.05, 0.1) is 5.75 Å². The number of hydrogen-bond donors (Lipinski definition) is 2. The lowest BCUT2D eigenvalue weighted by Gasteiger charge is -1.99. The van der Waals surface area contributed by atoms with Gasteiger partial charge in [0.1, 0.15) is 5.75 Å². The normalized spacial score (nSPS) is 12.6. The molecule has 0 aliphatic carbocycles. The standard InChI is InChI=1S/C9H13NO6S2/c11-17(12,13)7-3-9-1-4-10(5-2-9)6-8-18(14,15)16/h1-2,4-5H,3,6-8H2,(H-,11,12,13,14,15,16)/p+1. The Bertz CT molecular complexity index is 535. The zero-order valence-electron chi connectivity index (χ0n) is 9.43. The second kappa shape index (κ2) is 5.74. The van der Waals surface area contributed by atoms with E-state index in [0.717, 1.165) is 0 Å². The van der Waals surface area contributed by atoms with Gasteiger partial charge in [-0.15, -0.1) is 0 Å². The van der Waals surface area contributed by atoms with Crippen LogP contribution in [-0.2, 0) is 33.2 Å². The van der Waals surface area contributed by atoms with E-state index in [0.29, 0.717) is 5.56 Å². The zero-order chi connectivity index (χ0) is 13.8. The first-order valence-electron chi connectivity index (χ1n) is 5.04. The first-order valence-corrected chi connectivity index (χ1v) is 8.26. The molecule has 9 heteroatoms. The van der Waals surface area contributed by atoms with E-state index in [1.807, 2.05) is 0 Å². The van der Waals surface area contributed by atoms with Crippen LogP contribution in [0.3, 0.4) is 0 Å². The van der Waals surface area contributed by atoms with Crippen LogP contribution in [0.2, 0.25) is 0 Å². The summed E-state index contributed by atoms with van der Waals surface area (Å²) >= 11 is 0. The van der Waals surface area contributed by atoms with Crippen LogP contribution < -0.4 is 4.57 Å². The second-order valence-corrected chi connectivity index (χ2v) is 6.91. The maximum atomic E-state index is 10.5. The summed E-state index contributed by atoms with van der Waals surface area (Å²) in [5, 5.41) is 0. The van der Waals surface area contributed by atoms with Crippen molar-refractivity contribution in [2.75, 3.05) is 11.5 Å². The van der Waals surface area contributed by atoms with Crippen molar-refractivity contribution in [3.05, 3.63) is 30.1 Å². The Hall–Kier alpha value is -1.03. The van der Waals surface area contributed by atoms with Gasteiger partial charge >= 0.3 is 0 Å². The number of hydrogen-bond acceptors (Lipinski definition) is 4. The number of rotatable bonds is 6. The number of nitrogens with zero attached hydrogens (tertiary/aromatic N) is 1. The summed E-state index contributed by atoms with van der Waals surface area (Å²) < 4.78 is 60.8. The van der Waals surface area contributed by atoms with E-state index in [2.05, 4.69) is 0 Å². The Balaban J connectivity index is 2.58. The molecule has 102 valence electrons. The zero-order valence-corrected chi connectivity index (χ0v) is 11.1. The molecule has 0 saturated heterocycles. The van der Waals surface area contributed by atoms with Gasteiger partial charge in [0.25, 0.3) is 20.2 Å². The Morgan fingerprint density at radius 1 is 0.944 bits per heavy atom. The van der Waals surface area contributed by atoms with Crippen LogP contribution >= 0.6 is 0 Å². The maximum Gasteiger partial charge on any atom is 0.271 e. The molecule has 0 saturated carbocycles. The van der Waals surface area contributed by atoms with E-state index < -0.39 is 20.2 Å². The van der Waals surface area contributed by atoms with Gasteiger partial charge < -0.3 is 0 Å². The van der Waals surface area contributed by atoms with Crippen molar-refractivity contribution in [2.45, 2.75) is 13.0 Å². The van der Waals surface area contributed by atoms with Gasteiger partial charge in [-0.1, -0.05) is 0 Å². The molecule has 7 nitrogen and oxygen atoms in total. The van der Waals surface area contributed by atoms with Crippen molar-refractivity contribution in [2.24, 2.45) is 0 Å². The molecular weight excluding hydrogens is 282 g/mol. The van der Waals surface area contributed by atoms with E-state index in [1.54, 1.807) is 29.1 Å². The summed E-state index contributed by atoms with van der Waals surface area (Å²) in [6.07, 6.45) is 3.33. The van der Waals surface area contributed by atoms with Gasteiger partial charge in [-0.25, -0.2) is 4.57 Å². The number of pyridine rings is 1. The van der Waals surface area contributed by atoms with Crippen LogP contribution in [0.25, 0.3) is 0 Å². The largest absolute Gasteiger partial charge is 0.286 e. The average Bonchev–Trinajstić information content (AvgIpc) is 2.23. The molecule has 0 fully saturated rings. The summed E-state index contributed by atoms with van der Waals surface area (Å²) in [5.41, 5.74) is 0.704. The Morgan fingerprint density at radius 3 is 1.89 bits per heavy atom. The van der Waals surface area contributed by atoms with E-state index in [4.69, 9.17) is 9.11 Å². The highest BCUT2D eigenvalue weighted by Gasteiger charge is 2.10. The fourth-order valence-electron chi connectivity index (χ4n) is 1.27. The Labute approximate surface area is 106 Å². The van der Waals surface area contributed by atoms with Crippen molar-refractivity contribution in [1.29, 1.82) is 0 Å². The summed E-state index contributed by atoms with van der Waals surface area (Å²) in [6, 6.07) is 3.24. The average molecular weight is 296 g/mol. The molecule has 1 rings (SSSR count). The summed E-state index contributed by atoms with van der Waals surface area (Å²) in [7, 11) is -7.98. The second-order valence-electron chi connectivity index (χ2n) is 3.77. The molecule has 18 heavy (non-hydrogen) atoms. The van der Waals surface area contributed by atoms with Crippen LogP contribution in [-0.4, -0.2) is 37.4 Å². The van der Waals surface area contributed by atoms with Crippen molar-refractivity contribution in [3.63, 3.8) is 0 Å². The third-order valence-corrected chi connectivity index (χ3v) is 3.63. The Kier molecular flexibility index (Phi) is 4.79. The molecule has 0 atom stereocenters. The monoisotopic (exact) mass is 296 g/mol. The van der Waals surface area contributed by atoms with Gasteiger partial charge in [0, 0.05) is 12.1 Å². The van der Waals surface area contributed by atoms with Crippen LogP contribution in [0, 0.1) is 0 Å². The van der Waals surface area contributed by atoms with Crippen LogP contribution in [0.4, 0.5) is 0 Å². The molecule has 0 aliphatic rings. The van der Waals surface area contributed by atoms with E-state index >= 15 is 0 Å². The molecule has 0 bridgehead atoms. The van der Waals surface area contributed by atoms with E-state index in [1.165, 1.54) is 0 Å². The van der Waals surface area contributed by atoms with Gasteiger partial charge in [0.15, 0.2) is 18.9 Å². The minimum absolute atomic E-state index is 0.109. The molecule has 0 spiro atoms. The highest BCUT2D eigenvalue weighted by molar-refractivity contribution is 7.86. The SMILES string of the molecule is O=S(=O)(O)CCc1cc[n+](CCS(=O)(=O)O)cc1. The maximum absolute atomic E-state index is 10.5. The van der Waals surface area contributed by atoms with Crippen molar-refractivity contribution in [1.82, 2.24) is 0 Å². The van der Waals surface area contributed by atoms with Gasteiger partial charge in [0.2, 0.25) is 0 Å². The minimum atomic E-state index is -4.00. The molecule has 1 heterocycles. The van der Waals surface area contributed by atoms with Crippen molar-refractivity contribution >= 4 is 20.2 Å². The lowest BCUT2D eigenvalue weighted by Crippen LogP contribution is -2.36. The predicted octanol–water partition coefficient (Wildman–Crippen LogP) is -0.708. The smallest absolute Gasteiger partial charge is 0.271 e. The molecule has 0 amide bonds. The molecule has 0 unspecified atom stereocenters. The molecular formula is C9H14NO6S2+. The van der Waals surface area contributed by atoms with Crippen LogP contribution in [0.5, 0.6) is 0 Å². The first-order chi connectivity index (χ1) is 8.16. The molecule has 1 aromatic rings. The highest BCUT2D eigenvalue weighted by atomic mass is 32.2. The highest BCUT2D eigenvalue weighted by Crippen LogP contribution is 1.99. The fraction of sp³-hybridized carbons (Fsp3) is 0.444. The molecule has 0 aromatic carbocycles. The fourth-order valence-corrected chi connectivity index (χ4v) is 2.21. The van der Waals surface area contributed by atoms with Gasteiger partial charge in [-0.2, -0.15) is 16.8 Å². The Morgan fingerprint density at radius 2 is 1.44 bits per heavy atom. The van der Waals surface area contributed by atoms with Crippen molar-refractivity contribution in [3.8, 4) is 0 Å². The quantitative estimate of drug-likeness (QED) is 0.530. The number of aryl methyl sites for hydroxylation is 2. The van der Waals surface area contributed by atoms with Crippen LogP contribution in [0.1, 0.15) is 5.56 Å². The van der Waals surface area contributed by atoms with Gasteiger partial charge in [-0.05, 0) is 12.0 Å². The molecule has 0 radical (unpaired) electrons. The lowest BCUT2D eigenvalue weighted by molar-refractivity contribution is -0.692. The molecule has 0 aliphatic heterocycles. The van der Waals surface area contributed by atoms with E-state index in [9.17, 15) is 16.8 Å².